The molecule has 3 N–H and O–H groups in total. The Morgan fingerprint density at radius 3 is 2.74 bits per heavy atom. The topological polar surface area (TPSA) is 60.0 Å². The molecule has 1 fully saturated rings. The van der Waals surface area contributed by atoms with Gasteiger partial charge in [0.2, 0.25) is 0 Å². The average Bonchev–Trinajstić information content (AvgIpc) is 2.83. The van der Waals surface area contributed by atoms with Crippen molar-refractivity contribution in [2.24, 2.45) is 5.41 Å². The van der Waals surface area contributed by atoms with Gasteiger partial charge < -0.3 is 15.6 Å². The first-order valence-corrected chi connectivity index (χ1v) is 7.09. The summed E-state index contributed by atoms with van der Waals surface area (Å²) in [6.45, 7) is 8.55. The van der Waals surface area contributed by atoms with Gasteiger partial charge in [-0.3, -0.25) is 4.79 Å². The Kier molecular flexibility index (Phi) is 3.61. The van der Waals surface area contributed by atoms with Crippen LogP contribution in [0.2, 0.25) is 0 Å². The Balaban J connectivity index is 2.16. The smallest absolute Gasteiger partial charge is 0.268 e. The highest BCUT2D eigenvalue weighted by Crippen LogP contribution is 2.37. The molecule has 0 spiro atoms. The monoisotopic (exact) mass is 263 g/mol. The van der Waals surface area contributed by atoms with Crippen LogP contribution in [0.4, 0.5) is 5.69 Å². The van der Waals surface area contributed by atoms with Gasteiger partial charge in [-0.15, -0.1) is 0 Å². The Hall–Kier alpha value is -1.45. The minimum atomic E-state index is -0.00891. The van der Waals surface area contributed by atoms with E-state index in [9.17, 15) is 4.79 Å². The quantitative estimate of drug-likeness (QED) is 0.880. The fourth-order valence-corrected chi connectivity index (χ4v) is 2.94. The number of hydrogen-bond acceptors (Lipinski definition) is 2. The molecular weight excluding hydrogens is 238 g/mol. The number of rotatable bonds is 3. The van der Waals surface area contributed by atoms with E-state index >= 15 is 0 Å². The second kappa shape index (κ2) is 4.91. The summed E-state index contributed by atoms with van der Waals surface area (Å²) in [5.74, 6) is -0.00891. The number of anilines is 1. The van der Waals surface area contributed by atoms with Gasteiger partial charge in [-0.2, -0.15) is 0 Å². The van der Waals surface area contributed by atoms with E-state index < -0.39 is 0 Å². The van der Waals surface area contributed by atoms with Crippen molar-refractivity contribution in [1.82, 2.24) is 9.88 Å². The van der Waals surface area contributed by atoms with Gasteiger partial charge in [0, 0.05) is 18.3 Å². The largest absolute Gasteiger partial charge is 0.397 e. The standard InChI is InChI=1S/C15H25N3O/c1-10(2)18-9-11(16)8-12(18)14(19)17-13-6-5-7-15(13,3)4/h8-10,13H,5-7,16H2,1-4H3,(H,17,19). The van der Waals surface area contributed by atoms with Gasteiger partial charge >= 0.3 is 0 Å². The normalized spacial score (nSPS) is 21.8. The molecular formula is C15H25N3O. The van der Waals surface area contributed by atoms with E-state index in [0.717, 1.165) is 6.42 Å². The van der Waals surface area contributed by atoms with Crippen molar-refractivity contribution >= 4 is 11.6 Å². The van der Waals surface area contributed by atoms with Crippen LogP contribution in [0.15, 0.2) is 12.3 Å². The highest BCUT2D eigenvalue weighted by atomic mass is 16.2. The van der Waals surface area contributed by atoms with Crippen LogP contribution < -0.4 is 11.1 Å². The van der Waals surface area contributed by atoms with E-state index in [0.29, 0.717) is 11.4 Å². The number of nitrogens with zero attached hydrogens (tertiary/aromatic N) is 1. The van der Waals surface area contributed by atoms with Crippen molar-refractivity contribution in [1.29, 1.82) is 0 Å². The van der Waals surface area contributed by atoms with E-state index in [2.05, 4.69) is 33.0 Å². The van der Waals surface area contributed by atoms with Crippen LogP contribution >= 0.6 is 0 Å². The molecule has 1 amide bonds. The third kappa shape index (κ3) is 2.77. The van der Waals surface area contributed by atoms with Gasteiger partial charge in [0.25, 0.3) is 5.91 Å². The second-order valence-electron chi connectivity index (χ2n) is 6.57. The fraction of sp³-hybridized carbons (Fsp3) is 0.667. The molecule has 4 heteroatoms. The predicted octanol–water partition coefficient (Wildman–Crippen LogP) is 2.96. The zero-order chi connectivity index (χ0) is 14.2. The van der Waals surface area contributed by atoms with Crippen LogP contribution in [0.1, 0.15) is 63.5 Å². The lowest BCUT2D eigenvalue weighted by atomic mass is 9.87. The lowest BCUT2D eigenvalue weighted by Gasteiger charge is -2.28. The van der Waals surface area contributed by atoms with Crippen molar-refractivity contribution in [2.45, 2.75) is 59.0 Å². The summed E-state index contributed by atoms with van der Waals surface area (Å²) >= 11 is 0. The third-order valence-electron chi connectivity index (χ3n) is 4.22. The molecule has 19 heavy (non-hydrogen) atoms. The summed E-state index contributed by atoms with van der Waals surface area (Å²) in [6.07, 6.45) is 5.26. The number of carbonyl (C=O) groups is 1. The molecule has 1 aromatic heterocycles. The van der Waals surface area contributed by atoms with Crippen LogP contribution in [0, 0.1) is 5.41 Å². The predicted molar refractivity (Wildman–Crippen MR) is 78.1 cm³/mol. The summed E-state index contributed by atoms with van der Waals surface area (Å²) in [5, 5.41) is 3.18. The number of nitrogens with one attached hydrogen (secondary N) is 1. The molecule has 4 nitrogen and oxygen atoms in total. The Morgan fingerprint density at radius 1 is 1.53 bits per heavy atom. The maximum Gasteiger partial charge on any atom is 0.268 e. The first-order valence-electron chi connectivity index (χ1n) is 7.09. The van der Waals surface area contributed by atoms with Crippen molar-refractivity contribution in [3.8, 4) is 0 Å². The minimum absolute atomic E-state index is 0.00891. The maximum absolute atomic E-state index is 12.4. The molecule has 1 aromatic rings. The third-order valence-corrected chi connectivity index (χ3v) is 4.22. The van der Waals surface area contributed by atoms with Gasteiger partial charge in [0.15, 0.2) is 0 Å². The molecule has 106 valence electrons. The maximum atomic E-state index is 12.4. The number of nitrogen functional groups attached to an aromatic ring is 1. The molecule has 1 aliphatic rings. The molecule has 0 aromatic carbocycles. The molecule has 1 aliphatic carbocycles. The molecule has 0 saturated heterocycles. The molecule has 1 unspecified atom stereocenters. The van der Waals surface area contributed by atoms with Gasteiger partial charge in [0.1, 0.15) is 5.69 Å². The van der Waals surface area contributed by atoms with Crippen LogP contribution in [0.25, 0.3) is 0 Å². The summed E-state index contributed by atoms with van der Waals surface area (Å²) in [7, 11) is 0. The van der Waals surface area contributed by atoms with Crippen molar-refractivity contribution < 1.29 is 4.79 Å². The van der Waals surface area contributed by atoms with E-state index in [1.165, 1.54) is 12.8 Å². The first-order chi connectivity index (χ1) is 8.81. The van der Waals surface area contributed by atoms with E-state index in [1.54, 1.807) is 6.07 Å². The number of hydrogen-bond donors (Lipinski definition) is 2. The van der Waals surface area contributed by atoms with Crippen molar-refractivity contribution in [3.63, 3.8) is 0 Å². The first kappa shape index (κ1) is 14.0. The Labute approximate surface area is 115 Å². The van der Waals surface area contributed by atoms with Crippen LogP contribution in [0.3, 0.4) is 0 Å². The van der Waals surface area contributed by atoms with Crippen LogP contribution in [0.5, 0.6) is 0 Å². The van der Waals surface area contributed by atoms with E-state index in [-0.39, 0.29) is 23.4 Å². The summed E-state index contributed by atoms with van der Waals surface area (Å²) in [4.78, 5) is 12.4. The number of amides is 1. The summed E-state index contributed by atoms with van der Waals surface area (Å²) in [6, 6.07) is 2.25. The van der Waals surface area contributed by atoms with Crippen molar-refractivity contribution in [2.75, 3.05) is 5.73 Å². The summed E-state index contributed by atoms with van der Waals surface area (Å²) < 4.78 is 1.94. The SMILES string of the molecule is CC(C)n1cc(N)cc1C(=O)NC1CCCC1(C)C. The highest BCUT2D eigenvalue weighted by Gasteiger charge is 2.35. The zero-order valence-electron chi connectivity index (χ0n) is 12.4. The van der Waals surface area contributed by atoms with Gasteiger partial charge in [-0.05, 0) is 38.2 Å². The van der Waals surface area contributed by atoms with Crippen LogP contribution in [-0.2, 0) is 0 Å². The lowest BCUT2D eigenvalue weighted by Crippen LogP contribution is -2.42. The van der Waals surface area contributed by atoms with Crippen LogP contribution in [-0.4, -0.2) is 16.5 Å². The molecule has 0 radical (unpaired) electrons. The van der Waals surface area contributed by atoms with Gasteiger partial charge in [-0.1, -0.05) is 20.3 Å². The lowest BCUT2D eigenvalue weighted by molar-refractivity contribution is 0.0899. The molecule has 2 rings (SSSR count). The Morgan fingerprint density at radius 2 is 2.21 bits per heavy atom. The molecule has 0 aliphatic heterocycles. The van der Waals surface area contributed by atoms with Crippen molar-refractivity contribution in [3.05, 3.63) is 18.0 Å². The van der Waals surface area contributed by atoms with E-state index in [1.807, 2.05) is 10.8 Å². The number of nitrogens with two attached hydrogens (primary N) is 1. The van der Waals surface area contributed by atoms with E-state index in [4.69, 9.17) is 5.73 Å². The highest BCUT2D eigenvalue weighted by molar-refractivity contribution is 5.94. The molecule has 1 heterocycles. The van der Waals surface area contributed by atoms with Gasteiger partial charge in [-0.25, -0.2) is 0 Å². The summed E-state index contributed by atoms with van der Waals surface area (Å²) in [5.41, 5.74) is 7.31. The molecule has 0 bridgehead atoms. The van der Waals surface area contributed by atoms with Gasteiger partial charge in [0.05, 0.1) is 5.69 Å². The second-order valence-corrected chi connectivity index (χ2v) is 6.57. The number of carbonyl (C=O) groups excluding carboxylic acids is 1. The molecule has 1 saturated carbocycles. The zero-order valence-corrected chi connectivity index (χ0v) is 12.4. The average molecular weight is 263 g/mol. The number of aromatic nitrogens is 1. The Bertz CT molecular complexity index is 474. The molecule has 1 atom stereocenters. The fourth-order valence-electron chi connectivity index (χ4n) is 2.94. The minimum Gasteiger partial charge on any atom is -0.397 e.